The van der Waals surface area contributed by atoms with Crippen LogP contribution in [0.5, 0.6) is 0 Å². The van der Waals surface area contributed by atoms with Crippen LogP contribution in [0.25, 0.3) is 5.69 Å². The van der Waals surface area contributed by atoms with Gasteiger partial charge in [-0.25, -0.2) is 4.68 Å². The normalized spacial score (nSPS) is 12.0. The van der Waals surface area contributed by atoms with E-state index in [2.05, 4.69) is 15.7 Å². The van der Waals surface area contributed by atoms with Crippen LogP contribution >= 0.6 is 0 Å². The third-order valence-electron chi connectivity index (χ3n) is 3.86. The van der Waals surface area contributed by atoms with E-state index in [0.717, 1.165) is 10.7 Å². The van der Waals surface area contributed by atoms with Crippen LogP contribution in [0, 0.1) is 12.3 Å². The van der Waals surface area contributed by atoms with Crippen LogP contribution in [0.3, 0.4) is 0 Å². The molecular formula is C19H23F3N4O2. The van der Waals surface area contributed by atoms with Gasteiger partial charge in [0.1, 0.15) is 5.82 Å². The van der Waals surface area contributed by atoms with Gasteiger partial charge in [-0.3, -0.25) is 9.59 Å². The number of aromatic nitrogens is 2. The lowest BCUT2D eigenvalue weighted by molar-refractivity contribution is -0.137. The fourth-order valence-corrected chi connectivity index (χ4v) is 2.43. The standard InChI is InChI=1S/C19H23F3N4O2/c1-12-11-15(24-16(27)9-10-23-17(28)18(2,3)4)26(25-12)14-8-6-5-7-13(14)19(20,21)22/h5-8,11H,9-10H2,1-4H3,(H,23,28)(H,24,27). The summed E-state index contributed by atoms with van der Waals surface area (Å²) in [5.74, 6) is -0.513. The zero-order chi connectivity index (χ0) is 21.1. The number of carbonyl (C=O) groups excluding carboxylic acids is 2. The highest BCUT2D eigenvalue weighted by molar-refractivity contribution is 5.91. The molecule has 0 aliphatic heterocycles. The van der Waals surface area contributed by atoms with Gasteiger partial charge >= 0.3 is 6.18 Å². The average Bonchev–Trinajstić information content (AvgIpc) is 2.93. The quantitative estimate of drug-likeness (QED) is 0.809. The van der Waals surface area contributed by atoms with Crippen LogP contribution in [-0.2, 0) is 15.8 Å². The molecule has 2 amide bonds. The SMILES string of the molecule is Cc1cc(NC(=O)CCNC(=O)C(C)(C)C)n(-c2ccccc2C(F)(F)F)n1. The van der Waals surface area contributed by atoms with Gasteiger partial charge in [-0.1, -0.05) is 32.9 Å². The number of benzene rings is 1. The minimum Gasteiger partial charge on any atom is -0.355 e. The number of hydrogen-bond donors (Lipinski definition) is 2. The van der Waals surface area contributed by atoms with Crippen LogP contribution in [0.1, 0.15) is 38.4 Å². The topological polar surface area (TPSA) is 76.0 Å². The summed E-state index contributed by atoms with van der Waals surface area (Å²) >= 11 is 0. The summed E-state index contributed by atoms with van der Waals surface area (Å²) in [7, 11) is 0. The second-order valence-electron chi connectivity index (χ2n) is 7.40. The van der Waals surface area contributed by atoms with Crippen molar-refractivity contribution in [3.05, 3.63) is 41.6 Å². The van der Waals surface area contributed by atoms with E-state index >= 15 is 0 Å². The number of nitrogens with one attached hydrogen (secondary N) is 2. The van der Waals surface area contributed by atoms with E-state index in [-0.39, 0.29) is 30.4 Å². The number of nitrogens with zero attached hydrogens (tertiary/aromatic N) is 2. The van der Waals surface area contributed by atoms with Gasteiger partial charge in [-0.2, -0.15) is 18.3 Å². The fourth-order valence-electron chi connectivity index (χ4n) is 2.43. The molecule has 1 aromatic heterocycles. The molecule has 0 radical (unpaired) electrons. The summed E-state index contributed by atoms with van der Waals surface area (Å²) < 4.78 is 41.0. The Balaban J connectivity index is 2.16. The molecule has 6 nitrogen and oxygen atoms in total. The van der Waals surface area contributed by atoms with Crippen molar-refractivity contribution in [2.75, 3.05) is 11.9 Å². The zero-order valence-electron chi connectivity index (χ0n) is 16.1. The third-order valence-corrected chi connectivity index (χ3v) is 3.86. The second-order valence-corrected chi connectivity index (χ2v) is 7.40. The van der Waals surface area contributed by atoms with Crippen molar-refractivity contribution in [3.63, 3.8) is 0 Å². The minimum absolute atomic E-state index is 0.0209. The highest BCUT2D eigenvalue weighted by Gasteiger charge is 2.34. The van der Waals surface area contributed by atoms with Gasteiger partial charge in [-0.15, -0.1) is 0 Å². The third kappa shape index (κ3) is 5.34. The van der Waals surface area contributed by atoms with Gasteiger partial charge in [0.05, 0.1) is 16.9 Å². The highest BCUT2D eigenvalue weighted by Crippen LogP contribution is 2.34. The van der Waals surface area contributed by atoms with E-state index in [1.54, 1.807) is 27.7 Å². The molecule has 1 aromatic carbocycles. The Hall–Kier alpha value is -2.84. The van der Waals surface area contributed by atoms with E-state index in [0.29, 0.717) is 5.69 Å². The van der Waals surface area contributed by atoms with Crippen molar-refractivity contribution in [3.8, 4) is 5.69 Å². The Morgan fingerprint density at radius 2 is 1.79 bits per heavy atom. The minimum atomic E-state index is -4.56. The van der Waals surface area contributed by atoms with E-state index < -0.39 is 23.1 Å². The zero-order valence-corrected chi connectivity index (χ0v) is 16.1. The molecule has 28 heavy (non-hydrogen) atoms. The maximum atomic E-state index is 13.3. The molecule has 0 saturated carbocycles. The van der Waals surface area contributed by atoms with Gasteiger partial charge in [0.15, 0.2) is 0 Å². The molecule has 0 fully saturated rings. The molecule has 0 aliphatic rings. The van der Waals surface area contributed by atoms with Crippen molar-refractivity contribution in [1.82, 2.24) is 15.1 Å². The second kappa shape index (κ2) is 8.04. The van der Waals surface area contributed by atoms with Crippen LogP contribution in [0.4, 0.5) is 19.0 Å². The summed E-state index contributed by atoms with van der Waals surface area (Å²) in [5, 5.41) is 9.29. The van der Waals surface area contributed by atoms with Crippen molar-refractivity contribution >= 4 is 17.6 Å². The molecule has 0 atom stereocenters. The lowest BCUT2D eigenvalue weighted by Crippen LogP contribution is -2.36. The lowest BCUT2D eigenvalue weighted by atomic mass is 9.96. The number of rotatable bonds is 5. The number of hydrogen-bond acceptors (Lipinski definition) is 3. The average molecular weight is 396 g/mol. The van der Waals surface area contributed by atoms with Crippen molar-refractivity contribution < 1.29 is 22.8 Å². The summed E-state index contributed by atoms with van der Waals surface area (Å²) in [6.45, 7) is 6.99. The Bertz CT molecular complexity index is 867. The Labute approximate surface area is 161 Å². The van der Waals surface area contributed by atoms with E-state index in [9.17, 15) is 22.8 Å². The smallest absolute Gasteiger partial charge is 0.355 e. The molecule has 2 aromatic rings. The van der Waals surface area contributed by atoms with Crippen LogP contribution in [0.15, 0.2) is 30.3 Å². The Morgan fingerprint density at radius 3 is 2.39 bits per heavy atom. The molecule has 0 unspecified atom stereocenters. The van der Waals surface area contributed by atoms with Crippen LogP contribution in [-0.4, -0.2) is 28.1 Å². The van der Waals surface area contributed by atoms with Crippen molar-refractivity contribution in [2.45, 2.75) is 40.3 Å². The maximum absolute atomic E-state index is 13.3. The molecular weight excluding hydrogens is 373 g/mol. The fraction of sp³-hybridized carbons (Fsp3) is 0.421. The molecule has 0 aliphatic carbocycles. The number of halogens is 3. The molecule has 152 valence electrons. The van der Waals surface area contributed by atoms with Crippen LogP contribution < -0.4 is 10.6 Å². The number of anilines is 1. The molecule has 2 N–H and O–H groups in total. The molecule has 0 bridgehead atoms. The molecule has 0 saturated heterocycles. The molecule has 0 spiro atoms. The highest BCUT2D eigenvalue weighted by atomic mass is 19.4. The van der Waals surface area contributed by atoms with Crippen molar-refractivity contribution in [1.29, 1.82) is 0 Å². The Kier molecular flexibility index (Phi) is 6.16. The van der Waals surface area contributed by atoms with Gasteiger partial charge in [-0.05, 0) is 19.1 Å². The van der Waals surface area contributed by atoms with E-state index in [1.807, 2.05) is 0 Å². The van der Waals surface area contributed by atoms with Crippen molar-refractivity contribution in [2.24, 2.45) is 5.41 Å². The summed E-state index contributed by atoms with van der Waals surface area (Å²) in [5.41, 5.74) is -1.16. The van der Waals surface area contributed by atoms with E-state index in [1.165, 1.54) is 24.3 Å². The number of aryl methyl sites for hydroxylation is 1. The largest absolute Gasteiger partial charge is 0.418 e. The molecule has 9 heteroatoms. The van der Waals surface area contributed by atoms with Crippen LogP contribution in [0.2, 0.25) is 0 Å². The monoisotopic (exact) mass is 396 g/mol. The Morgan fingerprint density at radius 1 is 1.14 bits per heavy atom. The van der Waals surface area contributed by atoms with Gasteiger partial charge < -0.3 is 10.6 Å². The van der Waals surface area contributed by atoms with Gasteiger partial charge in [0, 0.05) is 24.4 Å². The lowest BCUT2D eigenvalue weighted by Gasteiger charge is -2.17. The summed E-state index contributed by atoms with van der Waals surface area (Å²) in [4.78, 5) is 24.0. The predicted molar refractivity (Wildman–Crippen MR) is 99.0 cm³/mol. The maximum Gasteiger partial charge on any atom is 0.418 e. The number of alkyl halides is 3. The summed E-state index contributed by atoms with van der Waals surface area (Å²) in [6.07, 6.45) is -4.58. The number of amides is 2. The first-order chi connectivity index (χ1) is 12.9. The first-order valence-corrected chi connectivity index (χ1v) is 8.71. The van der Waals surface area contributed by atoms with Gasteiger partial charge in [0.2, 0.25) is 11.8 Å². The molecule has 1 heterocycles. The summed E-state index contributed by atoms with van der Waals surface area (Å²) in [6, 6.07) is 6.49. The number of para-hydroxylation sites is 1. The number of carbonyl (C=O) groups is 2. The molecule has 2 rings (SSSR count). The first kappa shape index (κ1) is 21.5. The van der Waals surface area contributed by atoms with E-state index in [4.69, 9.17) is 0 Å². The van der Waals surface area contributed by atoms with Gasteiger partial charge in [0.25, 0.3) is 0 Å². The predicted octanol–water partition coefficient (Wildman–Crippen LogP) is 3.69. The first-order valence-electron chi connectivity index (χ1n) is 8.71.